The van der Waals surface area contributed by atoms with Gasteiger partial charge in [-0.1, -0.05) is 6.58 Å². The molecule has 8 heteroatoms. The van der Waals surface area contributed by atoms with Crippen LogP contribution in [0, 0.1) is 0 Å². The Balaban J connectivity index is 0. The maximum Gasteiger partial charge on any atom is 0.333 e. The average Bonchev–Trinajstić information content (AvgIpc) is 2.15. The van der Waals surface area contributed by atoms with Crippen molar-refractivity contribution in [2.75, 3.05) is 0 Å². The number of aliphatic hydroxyl groups excluding tert-OH is 2. The van der Waals surface area contributed by atoms with E-state index in [1.165, 1.54) is 6.92 Å². The third-order valence-corrected chi connectivity index (χ3v) is 1.43. The number of aliphatic carboxylic acids is 3. The van der Waals surface area contributed by atoms with Crippen molar-refractivity contribution in [3.8, 4) is 0 Å². The van der Waals surface area contributed by atoms with Crippen LogP contribution in [0.1, 0.15) is 13.3 Å². The van der Waals surface area contributed by atoms with Gasteiger partial charge in [0.1, 0.15) is 0 Å². The Labute approximate surface area is 96.4 Å². The van der Waals surface area contributed by atoms with E-state index in [0.29, 0.717) is 0 Å². The van der Waals surface area contributed by atoms with Crippen LogP contribution in [0.15, 0.2) is 12.2 Å². The molecule has 0 spiro atoms. The third kappa shape index (κ3) is 10.4. The number of hydrogen-bond donors (Lipinski definition) is 5. The highest BCUT2D eigenvalue weighted by Crippen LogP contribution is 1.95. The molecule has 0 aliphatic rings. The van der Waals surface area contributed by atoms with Gasteiger partial charge in [0.25, 0.3) is 0 Å². The van der Waals surface area contributed by atoms with E-state index in [2.05, 4.69) is 6.58 Å². The first-order valence-electron chi connectivity index (χ1n) is 4.32. The SMILES string of the molecule is C=C(C(=O)O)C(C)O.O=C(O)CC(O)C(=O)O. The molecule has 0 radical (unpaired) electrons. The maximum atomic E-state index is 9.88. The van der Waals surface area contributed by atoms with Gasteiger partial charge in [0.15, 0.2) is 6.10 Å². The minimum atomic E-state index is -1.79. The molecule has 2 unspecified atom stereocenters. The van der Waals surface area contributed by atoms with Gasteiger partial charge in [-0.2, -0.15) is 0 Å². The Kier molecular flexibility index (Phi) is 8.47. The summed E-state index contributed by atoms with van der Waals surface area (Å²) in [5.74, 6) is -4.00. The van der Waals surface area contributed by atoms with E-state index in [1.807, 2.05) is 0 Å². The van der Waals surface area contributed by atoms with Crippen molar-refractivity contribution in [1.82, 2.24) is 0 Å². The lowest BCUT2D eigenvalue weighted by atomic mass is 10.2. The Morgan fingerprint density at radius 3 is 1.59 bits per heavy atom. The van der Waals surface area contributed by atoms with Crippen molar-refractivity contribution < 1.29 is 39.9 Å². The minimum Gasteiger partial charge on any atom is -0.481 e. The Bertz CT molecular complexity index is 306. The predicted molar refractivity (Wildman–Crippen MR) is 54.4 cm³/mol. The molecular weight excluding hydrogens is 236 g/mol. The summed E-state index contributed by atoms with van der Waals surface area (Å²) in [6.07, 6.45) is -3.50. The summed E-state index contributed by atoms with van der Waals surface area (Å²) in [6.45, 7) is 4.46. The highest BCUT2D eigenvalue weighted by atomic mass is 16.4. The molecule has 0 saturated carbocycles. The fraction of sp³-hybridized carbons (Fsp3) is 0.444. The Morgan fingerprint density at radius 1 is 1.12 bits per heavy atom. The summed E-state index contributed by atoms with van der Waals surface area (Å²) in [6, 6.07) is 0. The van der Waals surface area contributed by atoms with Crippen molar-refractivity contribution in [3.63, 3.8) is 0 Å². The highest BCUT2D eigenvalue weighted by Gasteiger charge is 2.16. The first-order chi connectivity index (χ1) is 7.59. The predicted octanol–water partition coefficient (Wildman–Crippen LogP) is -1.09. The second-order valence-corrected chi connectivity index (χ2v) is 2.96. The summed E-state index contributed by atoms with van der Waals surface area (Å²) in [5, 5.41) is 40.7. The quantitative estimate of drug-likeness (QED) is 0.386. The van der Waals surface area contributed by atoms with Crippen molar-refractivity contribution in [2.45, 2.75) is 25.6 Å². The van der Waals surface area contributed by atoms with E-state index >= 15 is 0 Å². The summed E-state index contributed by atoms with van der Waals surface area (Å²) >= 11 is 0. The normalized spacial score (nSPS) is 12.6. The van der Waals surface area contributed by atoms with Gasteiger partial charge in [-0.05, 0) is 6.92 Å². The van der Waals surface area contributed by atoms with Crippen LogP contribution in [0.25, 0.3) is 0 Å². The molecule has 0 bridgehead atoms. The topological polar surface area (TPSA) is 152 Å². The third-order valence-electron chi connectivity index (χ3n) is 1.43. The summed E-state index contributed by atoms with van der Waals surface area (Å²) < 4.78 is 0. The molecule has 0 aromatic rings. The molecule has 0 rings (SSSR count). The monoisotopic (exact) mass is 250 g/mol. The zero-order valence-electron chi connectivity index (χ0n) is 9.03. The van der Waals surface area contributed by atoms with Gasteiger partial charge in [0.05, 0.1) is 18.1 Å². The molecule has 0 aromatic heterocycles. The van der Waals surface area contributed by atoms with E-state index in [9.17, 15) is 14.4 Å². The first-order valence-corrected chi connectivity index (χ1v) is 4.32. The number of hydrogen-bond acceptors (Lipinski definition) is 5. The Morgan fingerprint density at radius 2 is 1.53 bits per heavy atom. The molecule has 2 atom stereocenters. The number of carboxylic acids is 3. The molecule has 0 amide bonds. The molecular formula is C9H14O8. The fourth-order valence-electron chi connectivity index (χ4n) is 0.431. The summed E-state index contributed by atoms with van der Waals surface area (Å²) in [5.41, 5.74) is -0.176. The molecule has 5 N–H and O–H groups in total. The second-order valence-electron chi connectivity index (χ2n) is 2.96. The van der Waals surface area contributed by atoms with E-state index in [0.717, 1.165) is 0 Å². The van der Waals surface area contributed by atoms with Crippen LogP contribution < -0.4 is 0 Å². The van der Waals surface area contributed by atoms with Crippen molar-refractivity contribution >= 4 is 17.9 Å². The van der Waals surface area contributed by atoms with Crippen LogP contribution in [-0.4, -0.2) is 55.6 Å². The minimum absolute atomic E-state index is 0.176. The molecule has 0 heterocycles. The number of rotatable bonds is 5. The smallest absolute Gasteiger partial charge is 0.333 e. The van der Waals surface area contributed by atoms with Crippen LogP contribution in [0.4, 0.5) is 0 Å². The van der Waals surface area contributed by atoms with Crippen LogP contribution in [0.2, 0.25) is 0 Å². The lowest BCUT2D eigenvalue weighted by Gasteiger charge is -1.99. The lowest BCUT2D eigenvalue weighted by molar-refractivity contribution is -0.152. The van der Waals surface area contributed by atoms with E-state index < -0.39 is 36.5 Å². The Hall–Kier alpha value is -1.93. The fourth-order valence-corrected chi connectivity index (χ4v) is 0.431. The van der Waals surface area contributed by atoms with Gasteiger partial charge in [-0.3, -0.25) is 4.79 Å². The van der Waals surface area contributed by atoms with Crippen molar-refractivity contribution in [1.29, 1.82) is 0 Å². The second kappa shape index (κ2) is 8.25. The average molecular weight is 250 g/mol. The van der Waals surface area contributed by atoms with Crippen LogP contribution in [0.5, 0.6) is 0 Å². The van der Waals surface area contributed by atoms with Crippen LogP contribution >= 0.6 is 0 Å². The molecule has 8 nitrogen and oxygen atoms in total. The van der Waals surface area contributed by atoms with E-state index in [-0.39, 0.29) is 5.57 Å². The van der Waals surface area contributed by atoms with E-state index in [1.54, 1.807) is 0 Å². The maximum absolute atomic E-state index is 9.88. The van der Waals surface area contributed by atoms with Gasteiger partial charge in [-0.15, -0.1) is 0 Å². The standard InChI is InChI=1S/C5H8O3.C4H6O5/c1-3(4(2)6)5(7)8;5-2(4(8)9)1-3(6)7/h4,6H,1H2,2H3,(H,7,8);2,5H,1H2,(H,6,7)(H,8,9). The van der Waals surface area contributed by atoms with Gasteiger partial charge >= 0.3 is 17.9 Å². The molecule has 0 saturated heterocycles. The van der Waals surface area contributed by atoms with Gasteiger partial charge in [0.2, 0.25) is 0 Å². The van der Waals surface area contributed by atoms with Gasteiger partial charge in [0, 0.05) is 0 Å². The summed E-state index contributed by atoms with van der Waals surface area (Å²) in [4.78, 5) is 29.3. The molecule has 0 fully saturated rings. The lowest BCUT2D eigenvalue weighted by Crippen LogP contribution is -2.22. The molecule has 17 heavy (non-hydrogen) atoms. The largest absolute Gasteiger partial charge is 0.481 e. The summed E-state index contributed by atoms with van der Waals surface area (Å²) in [7, 11) is 0. The van der Waals surface area contributed by atoms with Gasteiger partial charge in [-0.25, -0.2) is 9.59 Å². The van der Waals surface area contributed by atoms with Crippen LogP contribution in [-0.2, 0) is 14.4 Å². The van der Waals surface area contributed by atoms with Gasteiger partial charge < -0.3 is 25.5 Å². The number of carboxylic acid groups (broad SMARTS) is 3. The number of carbonyl (C=O) groups is 3. The number of aliphatic hydroxyl groups is 2. The molecule has 0 aromatic carbocycles. The van der Waals surface area contributed by atoms with Crippen molar-refractivity contribution in [2.24, 2.45) is 0 Å². The first kappa shape index (κ1) is 17.5. The zero-order chi connectivity index (χ0) is 14.2. The van der Waals surface area contributed by atoms with Crippen LogP contribution in [0.3, 0.4) is 0 Å². The van der Waals surface area contributed by atoms with E-state index in [4.69, 9.17) is 25.5 Å². The molecule has 98 valence electrons. The zero-order valence-corrected chi connectivity index (χ0v) is 9.03. The molecule has 0 aliphatic heterocycles. The molecule has 0 aliphatic carbocycles. The highest BCUT2D eigenvalue weighted by molar-refractivity contribution is 5.86. The van der Waals surface area contributed by atoms with Crippen molar-refractivity contribution in [3.05, 3.63) is 12.2 Å².